The highest BCUT2D eigenvalue weighted by atomic mass is 127. The van der Waals surface area contributed by atoms with E-state index in [4.69, 9.17) is 0 Å². The molecule has 120 valence electrons. The summed E-state index contributed by atoms with van der Waals surface area (Å²) in [7, 11) is 0. The van der Waals surface area contributed by atoms with Crippen LogP contribution in [0.25, 0.3) is 0 Å². The van der Waals surface area contributed by atoms with Crippen LogP contribution in [0.5, 0.6) is 0 Å². The van der Waals surface area contributed by atoms with Crippen molar-refractivity contribution in [1.29, 1.82) is 0 Å². The van der Waals surface area contributed by atoms with E-state index >= 15 is 0 Å². The molecule has 0 aliphatic rings. The number of hydrogen-bond acceptors (Lipinski definition) is 0. The van der Waals surface area contributed by atoms with E-state index in [1.165, 1.54) is 82.0 Å². The van der Waals surface area contributed by atoms with E-state index in [-0.39, 0.29) is 48.0 Å². The number of rotatable bonds is 12. The van der Waals surface area contributed by atoms with E-state index in [1.54, 1.807) is 0 Å². The average molecular weight is 497 g/mol. The second kappa shape index (κ2) is 17.5. The summed E-state index contributed by atoms with van der Waals surface area (Å²) in [6.07, 6.45) is 11.1. The average Bonchev–Trinajstić information content (AvgIpc) is 2.37. The normalized spacial score (nSPS) is 10.7. The van der Waals surface area contributed by atoms with Crippen molar-refractivity contribution in [3.8, 4) is 0 Å². The molecule has 0 aromatic rings. The Morgan fingerprint density at radius 3 is 0.895 bits per heavy atom. The highest BCUT2D eigenvalue weighted by Crippen LogP contribution is 2.16. The van der Waals surface area contributed by atoms with Gasteiger partial charge >= 0.3 is 0 Å². The SMILES string of the molecule is CCCC[N+](CCCC)(CCCC)CCCC.I.[I-]. The summed E-state index contributed by atoms with van der Waals surface area (Å²) in [6.45, 7) is 15.0. The van der Waals surface area contributed by atoms with Gasteiger partial charge in [-0.15, -0.1) is 24.0 Å². The summed E-state index contributed by atoms with van der Waals surface area (Å²) >= 11 is 0. The molecule has 0 unspecified atom stereocenters. The van der Waals surface area contributed by atoms with Crippen LogP contribution in [0.15, 0.2) is 0 Å². The predicted octanol–water partition coefficient (Wildman–Crippen LogP) is 2.63. The first-order chi connectivity index (χ1) is 8.24. The molecule has 0 aromatic carbocycles. The maximum atomic E-state index is 2.33. The van der Waals surface area contributed by atoms with Crippen molar-refractivity contribution in [3.05, 3.63) is 0 Å². The van der Waals surface area contributed by atoms with E-state index < -0.39 is 0 Å². The van der Waals surface area contributed by atoms with Crippen molar-refractivity contribution < 1.29 is 28.5 Å². The van der Waals surface area contributed by atoms with Crippen molar-refractivity contribution in [2.75, 3.05) is 26.2 Å². The van der Waals surface area contributed by atoms with E-state index in [0.717, 1.165) is 0 Å². The zero-order valence-corrected chi connectivity index (χ0v) is 18.2. The molecule has 3 heteroatoms. The summed E-state index contributed by atoms with van der Waals surface area (Å²) in [6, 6.07) is 0. The van der Waals surface area contributed by atoms with E-state index in [0.29, 0.717) is 0 Å². The molecule has 0 heterocycles. The van der Waals surface area contributed by atoms with Crippen LogP contribution in [0.4, 0.5) is 0 Å². The predicted molar refractivity (Wildman–Crippen MR) is 94.8 cm³/mol. The first-order valence-corrected chi connectivity index (χ1v) is 8.09. The molecular weight excluding hydrogens is 460 g/mol. The molecule has 0 aromatic heterocycles. The molecule has 19 heavy (non-hydrogen) atoms. The van der Waals surface area contributed by atoms with Crippen molar-refractivity contribution in [2.24, 2.45) is 0 Å². The van der Waals surface area contributed by atoms with Crippen LogP contribution in [0.3, 0.4) is 0 Å². The van der Waals surface area contributed by atoms with Gasteiger partial charge in [0, 0.05) is 0 Å². The van der Waals surface area contributed by atoms with Gasteiger partial charge in [0.15, 0.2) is 0 Å². The van der Waals surface area contributed by atoms with Gasteiger partial charge in [0.05, 0.1) is 26.2 Å². The zero-order valence-electron chi connectivity index (χ0n) is 13.7. The Balaban J connectivity index is -0.00000128. The number of unbranched alkanes of at least 4 members (excludes halogenated alkanes) is 4. The molecule has 0 radical (unpaired) electrons. The Labute approximate surface area is 156 Å². The summed E-state index contributed by atoms with van der Waals surface area (Å²) in [5.74, 6) is 0. The van der Waals surface area contributed by atoms with Crippen LogP contribution in [0.1, 0.15) is 79.1 Å². The molecule has 0 bridgehead atoms. The van der Waals surface area contributed by atoms with Gasteiger partial charge < -0.3 is 28.5 Å². The third-order valence-corrected chi connectivity index (χ3v) is 3.94. The third-order valence-electron chi connectivity index (χ3n) is 3.94. The van der Waals surface area contributed by atoms with E-state index in [2.05, 4.69) is 27.7 Å². The van der Waals surface area contributed by atoms with Crippen molar-refractivity contribution in [2.45, 2.75) is 79.1 Å². The number of hydrogen-bond donors (Lipinski definition) is 0. The van der Waals surface area contributed by atoms with E-state index in [1.807, 2.05) is 0 Å². The molecule has 0 saturated carbocycles. The Morgan fingerprint density at radius 2 is 0.737 bits per heavy atom. The van der Waals surface area contributed by atoms with E-state index in [9.17, 15) is 0 Å². The van der Waals surface area contributed by atoms with Crippen LogP contribution >= 0.6 is 24.0 Å². The van der Waals surface area contributed by atoms with Crippen LogP contribution in [-0.2, 0) is 0 Å². The standard InChI is InChI=1S/C16H36N.2HI/c1-5-9-13-17(14-10-6-2,15-11-7-3)16-12-8-4;;/h5-16H2,1-4H3;2*1H/q+1;;/p-1. The Morgan fingerprint density at radius 1 is 0.526 bits per heavy atom. The Bertz CT molecular complexity index is 125. The van der Waals surface area contributed by atoms with Gasteiger partial charge in [-0.2, -0.15) is 0 Å². The van der Waals surface area contributed by atoms with Crippen LogP contribution in [-0.4, -0.2) is 30.7 Å². The summed E-state index contributed by atoms with van der Waals surface area (Å²) in [4.78, 5) is 0. The number of quaternary nitrogens is 1. The van der Waals surface area contributed by atoms with Gasteiger partial charge in [-0.25, -0.2) is 0 Å². The Kier molecular flexibility index (Phi) is 23.3. The lowest BCUT2D eigenvalue weighted by atomic mass is 10.1. The maximum Gasteiger partial charge on any atom is 0.0786 e. The molecule has 0 fully saturated rings. The molecule has 0 atom stereocenters. The van der Waals surface area contributed by atoms with Crippen molar-refractivity contribution in [1.82, 2.24) is 0 Å². The van der Waals surface area contributed by atoms with Gasteiger partial charge in [-0.3, -0.25) is 0 Å². The van der Waals surface area contributed by atoms with Crippen LogP contribution < -0.4 is 24.0 Å². The maximum absolute atomic E-state index is 2.33. The van der Waals surface area contributed by atoms with Crippen LogP contribution in [0, 0.1) is 0 Å². The monoisotopic (exact) mass is 497 g/mol. The minimum absolute atomic E-state index is 0. The first-order valence-electron chi connectivity index (χ1n) is 8.09. The smallest absolute Gasteiger partial charge is 0.0786 e. The summed E-state index contributed by atoms with van der Waals surface area (Å²) in [5, 5.41) is 0. The molecule has 0 rings (SSSR count). The Hall–Kier alpha value is 1.42. The second-order valence-corrected chi connectivity index (χ2v) is 5.65. The zero-order chi connectivity index (χ0) is 13.0. The highest BCUT2D eigenvalue weighted by molar-refractivity contribution is 14.0. The fourth-order valence-corrected chi connectivity index (χ4v) is 2.64. The largest absolute Gasteiger partial charge is 1.00 e. The molecule has 0 aliphatic heterocycles. The number of nitrogens with zero attached hydrogens (tertiary/aromatic N) is 1. The lowest BCUT2D eigenvalue weighted by Gasteiger charge is -2.39. The molecule has 0 aliphatic carbocycles. The minimum Gasteiger partial charge on any atom is -1.00 e. The van der Waals surface area contributed by atoms with Gasteiger partial charge in [0.2, 0.25) is 0 Å². The molecule has 0 N–H and O–H groups in total. The van der Waals surface area contributed by atoms with Crippen LogP contribution in [0.2, 0.25) is 0 Å². The minimum atomic E-state index is 0. The fraction of sp³-hybridized carbons (Fsp3) is 1.00. The van der Waals surface area contributed by atoms with Crippen molar-refractivity contribution >= 4 is 24.0 Å². The topological polar surface area (TPSA) is 0 Å². The van der Waals surface area contributed by atoms with Gasteiger partial charge in [-0.1, -0.05) is 53.4 Å². The lowest BCUT2D eigenvalue weighted by molar-refractivity contribution is -0.929. The molecular formula is C16H37I2N. The lowest BCUT2D eigenvalue weighted by Crippen LogP contribution is -3.00. The number of halogens is 2. The summed E-state index contributed by atoms with van der Waals surface area (Å²) in [5.41, 5.74) is 0. The van der Waals surface area contributed by atoms with Gasteiger partial charge in [0.25, 0.3) is 0 Å². The highest BCUT2D eigenvalue weighted by Gasteiger charge is 2.24. The second-order valence-electron chi connectivity index (χ2n) is 5.65. The molecule has 1 nitrogen and oxygen atoms in total. The molecule has 0 spiro atoms. The first kappa shape index (κ1) is 25.4. The summed E-state index contributed by atoms with van der Waals surface area (Å²) < 4.78 is 1.42. The third kappa shape index (κ3) is 12.8. The molecule has 0 saturated heterocycles. The fourth-order valence-electron chi connectivity index (χ4n) is 2.64. The van der Waals surface area contributed by atoms with Gasteiger partial charge in [0.1, 0.15) is 0 Å². The quantitative estimate of drug-likeness (QED) is 0.288. The molecule has 0 amide bonds. The van der Waals surface area contributed by atoms with Gasteiger partial charge in [-0.05, 0) is 25.7 Å². The van der Waals surface area contributed by atoms with Crippen molar-refractivity contribution in [3.63, 3.8) is 0 Å².